The van der Waals surface area contributed by atoms with E-state index in [-0.39, 0.29) is 24.1 Å². The quantitative estimate of drug-likeness (QED) is 0.492. The first kappa shape index (κ1) is 11.8. The Hall–Kier alpha value is -0.650. The van der Waals surface area contributed by atoms with Crippen LogP contribution in [-0.2, 0) is 4.79 Å². The standard InChI is InChI=1S/C11H21N3O2/c12-7-1-3-8(4-2-7)14-11(16)10-5-9(15)6-13-10/h7-10,13,15H,1-6,12H2,(H,14,16). The Morgan fingerprint density at radius 3 is 2.56 bits per heavy atom. The summed E-state index contributed by atoms with van der Waals surface area (Å²) in [5, 5.41) is 15.4. The average Bonchev–Trinajstić information content (AvgIpc) is 2.68. The van der Waals surface area contributed by atoms with Crippen LogP contribution in [0.15, 0.2) is 0 Å². The monoisotopic (exact) mass is 227 g/mol. The predicted octanol–water partition coefficient (Wildman–Crippen LogP) is -0.905. The fraction of sp³-hybridized carbons (Fsp3) is 0.909. The van der Waals surface area contributed by atoms with Crippen LogP contribution in [-0.4, -0.2) is 41.8 Å². The highest BCUT2D eigenvalue weighted by molar-refractivity contribution is 5.82. The number of nitrogens with one attached hydrogen (secondary N) is 2. The van der Waals surface area contributed by atoms with Gasteiger partial charge in [-0.2, -0.15) is 0 Å². The summed E-state index contributed by atoms with van der Waals surface area (Å²) in [7, 11) is 0. The zero-order valence-electron chi connectivity index (χ0n) is 9.48. The molecular weight excluding hydrogens is 206 g/mol. The van der Waals surface area contributed by atoms with Gasteiger partial charge in [0.25, 0.3) is 0 Å². The Morgan fingerprint density at radius 1 is 1.31 bits per heavy atom. The van der Waals surface area contributed by atoms with E-state index in [1.54, 1.807) is 0 Å². The molecule has 0 bridgehead atoms. The molecule has 2 rings (SSSR count). The molecule has 1 aliphatic heterocycles. The number of rotatable bonds is 2. The molecule has 1 saturated heterocycles. The van der Waals surface area contributed by atoms with Crippen LogP contribution >= 0.6 is 0 Å². The lowest BCUT2D eigenvalue weighted by molar-refractivity contribution is -0.123. The fourth-order valence-corrected chi connectivity index (χ4v) is 2.48. The summed E-state index contributed by atoms with van der Waals surface area (Å²) < 4.78 is 0. The van der Waals surface area contributed by atoms with Crippen LogP contribution in [0.3, 0.4) is 0 Å². The summed E-state index contributed by atoms with van der Waals surface area (Å²) in [5.41, 5.74) is 5.81. The number of hydrogen-bond donors (Lipinski definition) is 4. The highest BCUT2D eigenvalue weighted by atomic mass is 16.3. The third-order valence-electron chi connectivity index (χ3n) is 3.54. The van der Waals surface area contributed by atoms with E-state index in [0.29, 0.717) is 19.0 Å². The molecule has 5 heteroatoms. The van der Waals surface area contributed by atoms with Crippen molar-refractivity contribution < 1.29 is 9.90 Å². The molecule has 0 aromatic heterocycles. The van der Waals surface area contributed by atoms with E-state index in [1.165, 1.54) is 0 Å². The fourth-order valence-electron chi connectivity index (χ4n) is 2.48. The Balaban J connectivity index is 1.75. The van der Waals surface area contributed by atoms with Crippen molar-refractivity contribution in [3.63, 3.8) is 0 Å². The summed E-state index contributed by atoms with van der Waals surface area (Å²) in [5.74, 6) is 0.0250. The van der Waals surface area contributed by atoms with Gasteiger partial charge in [0.2, 0.25) is 5.91 Å². The van der Waals surface area contributed by atoms with E-state index in [2.05, 4.69) is 10.6 Å². The molecule has 0 aromatic rings. The van der Waals surface area contributed by atoms with Crippen molar-refractivity contribution in [1.29, 1.82) is 0 Å². The zero-order chi connectivity index (χ0) is 11.5. The number of aliphatic hydroxyl groups excluding tert-OH is 1. The normalized spacial score (nSPS) is 39.6. The second-order valence-corrected chi connectivity index (χ2v) is 4.97. The molecule has 2 aliphatic rings. The molecule has 1 aliphatic carbocycles. The van der Waals surface area contributed by atoms with Crippen LogP contribution in [0.25, 0.3) is 0 Å². The van der Waals surface area contributed by atoms with E-state index < -0.39 is 0 Å². The molecule has 1 amide bonds. The number of nitrogens with two attached hydrogens (primary N) is 1. The lowest BCUT2D eigenvalue weighted by Crippen LogP contribution is -2.47. The molecule has 2 atom stereocenters. The van der Waals surface area contributed by atoms with Gasteiger partial charge in [-0.3, -0.25) is 4.79 Å². The third-order valence-corrected chi connectivity index (χ3v) is 3.54. The number of β-amino-alcohol motifs (C(OH)–C–C–N with tert-alkyl or cyclic N) is 1. The first-order valence-electron chi connectivity index (χ1n) is 6.12. The molecule has 1 saturated carbocycles. The van der Waals surface area contributed by atoms with E-state index in [4.69, 9.17) is 5.73 Å². The van der Waals surface area contributed by atoms with Gasteiger partial charge in [0.1, 0.15) is 0 Å². The van der Waals surface area contributed by atoms with E-state index >= 15 is 0 Å². The average molecular weight is 227 g/mol. The van der Waals surface area contributed by atoms with Crippen LogP contribution < -0.4 is 16.4 Å². The first-order valence-corrected chi connectivity index (χ1v) is 6.12. The van der Waals surface area contributed by atoms with Gasteiger partial charge in [0.15, 0.2) is 0 Å². The van der Waals surface area contributed by atoms with Gasteiger partial charge in [-0.1, -0.05) is 0 Å². The molecule has 5 N–H and O–H groups in total. The Kier molecular flexibility index (Phi) is 3.78. The van der Waals surface area contributed by atoms with Crippen molar-refractivity contribution in [2.45, 2.75) is 56.3 Å². The van der Waals surface area contributed by atoms with Gasteiger partial charge in [0.05, 0.1) is 12.1 Å². The Labute approximate surface area is 95.8 Å². The SMILES string of the molecule is NC1CCC(NC(=O)C2CC(O)CN2)CC1. The Bertz CT molecular complexity index is 252. The molecule has 2 unspecified atom stereocenters. The molecule has 5 nitrogen and oxygen atoms in total. The summed E-state index contributed by atoms with van der Waals surface area (Å²) in [6.07, 6.45) is 4.08. The smallest absolute Gasteiger partial charge is 0.237 e. The van der Waals surface area contributed by atoms with Crippen molar-refractivity contribution >= 4 is 5.91 Å². The highest BCUT2D eigenvalue weighted by Gasteiger charge is 2.29. The van der Waals surface area contributed by atoms with Crippen molar-refractivity contribution in [3.8, 4) is 0 Å². The minimum atomic E-state index is -0.379. The van der Waals surface area contributed by atoms with Crippen LogP contribution in [0.4, 0.5) is 0 Å². The van der Waals surface area contributed by atoms with Crippen LogP contribution in [0.5, 0.6) is 0 Å². The van der Waals surface area contributed by atoms with E-state index in [0.717, 1.165) is 25.7 Å². The summed E-state index contributed by atoms with van der Waals surface area (Å²) in [6.45, 7) is 0.521. The van der Waals surface area contributed by atoms with Crippen molar-refractivity contribution in [1.82, 2.24) is 10.6 Å². The van der Waals surface area contributed by atoms with Crippen molar-refractivity contribution in [2.75, 3.05) is 6.54 Å². The summed E-state index contributed by atoms with van der Waals surface area (Å²) >= 11 is 0. The summed E-state index contributed by atoms with van der Waals surface area (Å²) in [4.78, 5) is 11.8. The maximum Gasteiger partial charge on any atom is 0.237 e. The molecule has 1 heterocycles. The molecule has 0 aromatic carbocycles. The summed E-state index contributed by atoms with van der Waals surface area (Å²) in [6, 6.07) is 0.358. The minimum Gasteiger partial charge on any atom is -0.392 e. The van der Waals surface area contributed by atoms with Crippen molar-refractivity contribution in [3.05, 3.63) is 0 Å². The molecule has 92 valence electrons. The van der Waals surface area contributed by atoms with Crippen LogP contribution in [0.1, 0.15) is 32.1 Å². The van der Waals surface area contributed by atoms with Gasteiger partial charge in [-0.25, -0.2) is 0 Å². The largest absolute Gasteiger partial charge is 0.392 e. The molecular formula is C11H21N3O2. The maximum atomic E-state index is 11.8. The van der Waals surface area contributed by atoms with Gasteiger partial charge < -0.3 is 21.5 Å². The highest BCUT2D eigenvalue weighted by Crippen LogP contribution is 2.17. The van der Waals surface area contributed by atoms with E-state index in [9.17, 15) is 9.90 Å². The number of hydrogen-bond acceptors (Lipinski definition) is 4. The second-order valence-electron chi connectivity index (χ2n) is 4.97. The molecule has 16 heavy (non-hydrogen) atoms. The maximum absolute atomic E-state index is 11.8. The molecule has 0 spiro atoms. The number of aliphatic hydroxyl groups is 1. The Morgan fingerprint density at radius 2 is 2.00 bits per heavy atom. The van der Waals surface area contributed by atoms with Gasteiger partial charge in [-0.15, -0.1) is 0 Å². The van der Waals surface area contributed by atoms with E-state index in [1.807, 2.05) is 0 Å². The predicted molar refractivity (Wildman–Crippen MR) is 60.8 cm³/mol. The van der Waals surface area contributed by atoms with Gasteiger partial charge in [-0.05, 0) is 32.1 Å². The van der Waals surface area contributed by atoms with Gasteiger partial charge in [0, 0.05) is 18.6 Å². The van der Waals surface area contributed by atoms with Crippen molar-refractivity contribution in [2.24, 2.45) is 5.73 Å². The van der Waals surface area contributed by atoms with Crippen LogP contribution in [0, 0.1) is 0 Å². The molecule has 2 fully saturated rings. The number of carbonyl (C=O) groups excluding carboxylic acids is 1. The zero-order valence-corrected chi connectivity index (χ0v) is 9.48. The van der Waals surface area contributed by atoms with Crippen LogP contribution in [0.2, 0.25) is 0 Å². The lowest BCUT2D eigenvalue weighted by atomic mass is 9.91. The second kappa shape index (κ2) is 5.12. The number of carbonyl (C=O) groups is 1. The molecule has 0 radical (unpaired) electrons. The van der Waals surface area contributed by atoms with Gasteiger partial charge >= 0.3 is 0 Å². The number of amides is 1. The minimum absolute atomic E-state index is 0.0250. The lowest BCUT2D eigenvalue weighted by Gasteiger charge is -2.27. The topological polar surface area (TPSA) is 87.4 Å². The first-order chi connectivity index (χ1) is 7.65. The third kappa shape index (κ3) is 2.93.